The maximum absolute atomic E-state index is 12.7. The smallest absolute Gasteiger partial charge is 0.381 e. The molecule has 0 atom stereocenters. The Morgan fingerprint density at radius 2 is 0.923 bits per heavy atom. The highest BCUT2D eigenvalue weighted by molar-refractivity contribution is 4.75. The van der Waals surface area contributed by atoms with Crippen molar-refractivity contribution in [3.05, 3.63) is 0 Å². The third-order valence-corrected chi connectivity index (χ3v) is 4.59. The molecule has 0 bridgehead atoms. The van der Waals surface area contributed by atoms with Gasteiger partial charge in [0.1, 0.15) is 0 Å². The van der Waals surface area contributed by atoms with Crippen LogP contribution in [0.15, 0.2) is 0 Å². The summed E-state index contributed by atoms with van der Waals surface area (Å²) in [6.45, 7) is 3.50. The van der Waals surface area contributed by atoms with E-state index in [9.17, 15) is 22.0 Å². The molecule has 0 heterocycles. The Morgan fingerprint density at radius 1 is 0.538 bits per heavy atom. The zero-order valence-corrected chi connectivity index (χ0v) is 16.3. The lowest BCUT2D eigenvalue weighted by Crippen LogP contribution is -2.36. The molecule has 0 fully saturated rings. The van der Waals surface area contributed by atoms with Gasteiger partial charge in [-0.1, -0.05) is 77.6 Å². The first-order valence-corrected chi connectivity index (χ1v) is 10.3. The second kappa shape index (κ2) is 15.6. The van der Waals surface area contributed by atoms with Crippen molar-refractivity contribution < 1.29 is 26.7 Å². The van der Waals surface area contributed by atoms with Crippen LogP contribution in [0.1, 0.15) is 103 Å². The third kappa shape index (κ3) is 14.7. The van der Waals surface area contributed by atoms with E-state index in [0.29, 0.717) is 26.1 Å². The molecule has 0 aromatic rings. The van der Waals surface area contributed by atoms with Crippen molar-refractivity contribution in [1.82, 2.24) is 0 Å². The Hall–Kier alpha value is -0.390. The molecule has 0 aromatic carbocycles. The summed E-state index contributed by atoms with van der Waals surface area (Å²) < 4.78 is 66.7. The van der Waals surface area contributed by atoms with E-state index >= 15 is 0 Å². The summed E-state index contributed by atoms with van der Waals surface area (Å²) in [4.78, 5) is 0. The van der Waals surface area contributed by atoms with Gasteiger partial charge in [0.2, 0.25) is 0 Å². The van der Waals surface area contributed by atoms with Gasteiger partial charge in [0.05, 0.1) is 0 Å². The van der Waals surface area contributed by atoms with Gasteiger partial charge in [-0.15, -0.1) is 0 Å². The van der Waals surface area contributed by atoms with Gasteiger partial charge in [-0.3, -0.25) is 0 Å². The van der Waals surface area contributed by atoms with Gasteiger partial charge < -0.3 is 4.74 Å². The van der Waals surface area contributed by atoms with Crippen molar-refractivity contribution >= 4 is 0 Å². The van der Waals surface area contributed by atoms with E-state index in [2.05, 4.69) is 6.92 Å². The maximum Gasteiger partial charge on any atom is 0.453 e. The van der Waals surface area contributed by atoms with Gasteiger partial charge >= 0.3 is 12.1 Å². The molecule has 0 aromatic heterocycles. The number of hydrogen-bond acceptors (Lipinski definition) is 1. The predicted octanol–water partition coefficient (Wildman–Crippen LogP) is 8.07. The average Bonchev–Trinajstić information content (AvgIpc) is 2.56. The molecule has 0 unspecified atom stereocenters. The lowest BCUT2D eigenvalue weighted by Gasteiger charge is -2.19. The molecular weight excluding hydrogens is 351 g/mol. The summed E-state index contributed by atoms with van der Waals surface area (Å²) in [5, 5.41) is 0. The molecule has 0 aliphatic carbocycles. The fourth-order valence-corrected chi connectivity index (χ4v) is 2.84. The molecule has 6 heteroatoms. The maximum atomic E-state index is 12.7. The van der Waals surface area contributed by atoms with Crippen LogP contribution in [-0.4, -0.2) is 25.3 Å². The molecule has 0 radical (unpaired) electrons. The van der Waals surface area contributed by atoms with Crippen LogP contribution in [0.4, 0.5) is 22.0 Å². The Morgan fingerprint density at radius 3 is 1.35 bits per heavy atom. The summed E-state index contributed by atoms with van der Waals surface area (Å²) in [6, 6.07) is 0. The van der Waals surface area contributed by atoms with Gasteiger partial charge in [0, 0.05) is 19.6 Å². The van der Waals surface area contributed by atoms with Crippen molar-refractivity contribution in [2.75, 3.05) is 13.2 Å². The molecular formula is C20H37F5O. The third-order valence-electron chi connectivity index (χ3n) is 4.59. The minimum atomic E-state index is -5.43. The second-order valence-corrected chi connectivity index (χ2v) is 7.16. The minimum Gasteiger partial charge on any atom is -0.381 e. The first-order valence-electron chi connectivity index (χ1n) is 10.3. The zero-order valence-electron chi connectivity index (χ0n) is 16.3. The Labute approximate surface area is 156 Å². The highest BCUT2D eigenvalue weighted by Crippen LogP contribution is 2.39. The quantitative estimate of drug-likeness (QED) is 0.170. The van der Waals surface area contributed by atoms with E-state index in [1.54, 1.807) is 0 Å². The fraction of sp³-hybridized carbons (Fsp3) is 1.00. The van der Waals surface area contributed by atoms with Gasteiger partial charge in [0.15, 0.2) is 0 Å². The summed E-state index contributed by atoms with van der Waals surface area (Å²) >= 11 is 0. The Kier molecular flexibility index (Phi) is 15.4. The molecule has 1 nitrogen and oxygen atoms in total. The number of halogens is 5. The van der Waals surface area contributed by atoms with Crippen LogP contribution in [0.5, 0.6) is 0 Å². The highest BCUT2D eigenvalue weighted by Gasteiger charge is 2.56. The van der Waals surface area contributed by atoms with Crippen LogP contribution >= 0.6 is 0 Å². The van der Waals surface area contributed by atoms with Crippen molar-refractivity contribution in [3.63, 3.8) is 0 Å². The van der Waals surface area contributed by atoms with E-state index < -0.39 is 18.5 Å². The molecule has 0 amide bonds. The van der Waals surface area contributed by atoms with Crippen LogP contribution < -0.4 is 0 Å². The molecule has 0 aliphatic rings. The number of hydrogen-bond donors (Lipinski definition) is 0. The number of ether oxygens (including phenoxy) is 1. The highest BCUT2D eigenvalue weighted by atomic mass is 19.4. The van der Waals surface area contributed by atoms with E-state index in [-0.39, 0.29) is 6.42 Å². The van der Waals surface area contributed by atoms with Gasteiger partial charge in [-0.2, -0.15) is 22.0 Å². The van der Waals surface area contributed by atoms with E-state index in [1.807, 2.05) is 0 Å². The number of rotatable bonds is 18. The molecule has 0 spiro atoms. The van der Waals surface area contributed by atoms with Gasteiger partial charge in [-0.25, -0.2) is 0 Å². The van der Waals surface area contributed by atoms with Crippen molar-refractivity contribution in [2.45, 2.75) is 115 Å². The van der Waals surface area contributed by atoms with E-state index in [0.717, 1.165) is 12.8 Å². The van der Waals surface area contributed by atoms with E-state index in [1.165, 1.54) is 57.8 Å². The van der Waals surface area contributed by atoms with E-state index in [4.69, 9.17) is 4.74 Å². The molecule has 0 saturated heterocycles. The van der Waals surface area contributed by atoms with Crippen LogP contribution in [0.2, 0.25) is 0 Å². The van der Waals surface area contributed by atoms with Crippen molar-refractivity contribution in [2.24, 2.45) is 0 Å². The summed E-state index contributed by atoms with van der Waals surface area (Å²) in [5.41, 5.74) is 0. The zero-order chi connectivity index (χ0) is 19.7. The van der Waals surface area contributed by atoms with Crippen LogP contribution in [-0.2, 0) is 4.74 Å². The normalized spacial score (nSPS) is 12.7. The lowest BCUT2D eigenvalue weighted by molar-refractivity contribution is -0.284. The average molecular weight is 389 g/mol. The number of unbranched alkanes of at least 4 members (excludes halogenated alkanes) is 12. The van der Waals surface area contributed by atoms with Crippen molar-refractivity contribution in [1.29, 1.82) is 0 Å². The predicted molar refractivity (Wildman–Crippen MR) is 96.8 cm³/mol. The first-order chi connectivity index (χ1) is 12.3. The number of alkyl halides is 5. The minimum absolute atomic E-state index is 0.106. The standard InChI is InChI=1S/C20H37F5O/c1-2-3-4-5-6-7-8-9-11-14-17-26-18-15-12-10-13-16-19(21,22)20(23,24)25/h2-18H2,1H3. The Bertz CT molecular complexity index is 305. The molecule has 0 saturated carbocycles. The topological polar surface area (TPSA) is 9.23 Å². The Balaban J connectivity index is 3.21. The fourth-order valence-electron chi connectivity index (χ4n) is 2.84. The summed E-state index contributed by atoms with van der Waals surface area (Å²) in [6.07, 6.45) is 7.81. The first kappa shape index (κ1) is 25.6. The monoisotopic (exact) mass is 388 g/mol. The molecule has 26 heavy (non-hydrogen) atoms. The van der Waals surface area contributed by atoms with Crippen molar-refractivity contribution in [3.8, 4) is 0 Å². The summed E-state index contributed by atoms with van der Waals surface area (Å²) in [5.74, 6) is -4.56. The molecule has 0 N–H and O–H groups in total. The van der Waals surface area contributed by atoms with Crippen LogP contribution in [0.3, 0.4) is 0 Å². The second-order valence-electron chi connectivity index (χ2n) is 7.16. The molecule has 0 rings (SSSR count). The largest absolute Gasteiger partial charge is 0.453 e. The molecule has 158 valence electrons. The van der Waals surface area contributed by atoms with Crippen LogP contribution in [0.25, 0.3) is 0 Å². The van der Waals surface area contributed by atoms with Crippen LogP contribution in [0, 0.1) is 0 Å². The lowest BCUT2D eigenvalue weighted by atomic mass is 10.1. The summed E-state index contributed by atoms with van der Waals surface area (Å²) in [7, 11) is 0. The molecule has 0 aliphatic heterocycles. The SMILES string of the molecule is CCCCCCCCCCCCOCCCCCCC(F)(F)C(F)(F)F. The van der Waals surface area contributed by atoms with Gasteiger partial charge in [-0.05, 0) is 19.3 Å². The van der Waals surface area contributed by atoms with Gasteiger partial charge in [0.25, 0.3) is 0 Å².